The normalized spacial score (nSPS) is 11.3. The van der Waals surface area contributed by atoms with Gasteiger partial charge in [0, 0.05) is 12.4 Å². The Balaban J connectivity index is 2.73. The molecule has 5 nitrogen and oxygen atoms in total. The SMILES string of the molecule is CCOC(=O)c1cc2c(C(F)(F)F)ccc(OCC#N)c2n1C. The van der Waals surface area contributed by atoms with E-state index in [-0.39, 0.29) is 35.6 Å². The van der Waals surface area contributed by atoms with E-state index >= 15 is 0 Å². The van der Waals surface area contributed by atoms with E-state index in [0.717, 1.165) is 18.2 Å². The van der Waals surface area contributed by atoms with Gasteiger partial charge in [0.05, 0.1) is 17.7 Å². The van der Waals surface area contributed by atoms with Crippen LogP contribution in [0.2, 0.25) is 0 Å². The van der Waals surface area contributed by atoms with Gasteiger partial charge < -0.3 is 14.0 Å². The lowest BCUT2D eigenvalue weighted by Crippen LogP contribution is -2.10. The monoisotopic (exact) mass is 326 g/mol. The molecule has 1 aromatic carbocycles. The van der Waals surface area contributed by atoms with Crippen LogP contribution in [-0.2, 0) is 18.0 Å². The van der Waals surface area contributed by atoms with Crippen LogP contribution in [0.5, 0.6) is 5.75 Å². The average Bonchev–Trinajstić information content (AvgIpc) is 2.82. The number of ether oxygens (including phenoxy) is 2. The number of carbonyl (C=O) groups is 1. The van der Waals surface area contributed by atoms with Crippen LogP contribution in [0.15, 0.2) is 18.2 Å². The Hall–Kier alpha value is -2.69. The van der Waals surface area contributed by atoms with Gasteiger partial charge in [0.25, 0.3) is 0 Å². The summed E-state index contributed by atoms with van der Waals surface area (Å²) in [6.07, 6.45) is -4.58. The maximum atomic E-state index is 13.2. The van der Waals surface area contributed by atoms with E-state index in [1.165, 1.54) is 11.6 Å². The zero-order valence-corrected chi connectivity index (χ0v) is 12.4. The molecule has 0 atom stereocenters. The molecule has 0 N–H and O–H groups in total. The zero-order chi connectivity index (χ0) is 17.2. The maximum Gasteiger partial charge on any atom is 0.417 e. The molecule has 0 fully saturated rings. The van der Waals surface area contributed by atoms with Gasteiger partial charge in [-0.05, 0) is 25.1 Å². The predicted octanol–water partition coefficient (Wildman–Crippen LogP) is 3.28. The summed E-state index contributed by atoms with van der Waals surface area (Å²) < 4.78 is 50.8. The molecule has 1 aromatic heterocycles. The Kier molecular flexibility index (Phi) is 4.50. The minimum atomic E-state index is -4.58. The van der Waals surface area contributed by atoms with Crippen molar-refractivity contribution in [1.29, 1.82) is 5.26 Å². The highest BCUT2D eigenvalue weighted by Gasteiger charge is 2.34. The van der Waals surface area contributed by atoms with Gasteiger partial charge in [-0.3, -0.25) is 0 Å². The highest BCUT2D eigenvalue weighted by atomic mass is 19.4. The Morgan fingerprint density at radius 3 is 2.65 bits per heavy atom. The number of aryl methyl sites for hydroxylation is 1. The third-order valence-corrected chi connectivity index (χ3v) is 3.24. The van der Waals surface area contributed by atoms with Gasteiger partial charge in [-0.2, -0.15) is 18.4 Å². The number of aromatic nitrogens is 1. The summed E-state index contributed by atoms with van der Waals surface area (Å²) in [7, 11) is 1.44. The molecule has 2 aromatic rings. The molecular weight excluding hydrogens is 313 g/mol. The number of hydrogen-bond acceptors (Lipinski definition) is 4. The number of esters is 1. The van der Waals surface area contributed by atoms with Crippen molar-refractivity contribution in [3.05, 3.63) is 29.5 Å². The molecule has 0 aliphatic rings. The summed E-state index contributed by atoms with van der Waals surface area (Å²) in [5.74, 6) is -0.641. The first kappa shape index (κ1) is 16.7. The van der Waals surface area contributed by atoms with Crippen molar-refractivity contribution in [3.8, 4) is 11.8 Å². The van der Waals surface area contributed by atoms with Gasteiger partial charge in [-0.15, -0.1) is 0 Å². The Bertz CT molecular complexity index is 788. The molecule has 0 radical (unpaired) electrons. The molecule has 0 amide bonds. The summed E-state index contributed by atoms with van der Waals surface area (Å²) in [5.41, 5.74) is -0.832. The second-order valence-corrected chi connectivity index (χ2v) is 4.63. The van der Waals surface area contributed by atoms with Gasteiger partial charge in [0.1, 0.15) is 17.5 Å². The van der Waals surface area contributed by atoms with E-state index < -0.39 is 17.7 Å². The average molecular weight is 326 g/mol. The maximum absolute atomic E-state index is 13.2. The van der Waals surface area contributed by atoms with Crippen molar-refractivity contribution in [2.24, 2.45) is 7.05 Å². The number of rotatable bonds is 4. The lowest BCUT2D eigenvalue weighted by molar-refractivity contribution is -0.136. The van der Waals surface area contributed by atoms with Gasteiger partial charge in [0.15, 0.2) is 6.61 Å². The van der Waals surface area contributed by atoms with Gasteiger partial charge >= 0.3 is 12.1 Å². The number of nitriles is 1. The van der Waals surface area contributed by atoms with Gasteiger partial charge in [-0.1, -0.05) is 0 Å². The van der Waals surface area contributed by atoms with Crippen LogP contribution < -0.4 is 4.74 Å². The first-order valence-electron chi connectivity index (χ1n) is 6.67. The van der Waals surface area contributed by atoms with Crippen molar-refractivity contribution in [3.63, 3.8) is 0 Å². The molecule has 23 heavy (non-hydrogen) atoms. The number of halogens is 3. The topological polar surface area (TPSA) is 64.2 Å². The Morgan fingerprint density at radius 1 is 1.39 bits per heavy atom. The number of nitrogens with zero attached hydrogens (tertiary/aromatic N) is 2. The lowest BCUT2D eigenvalue weighted by atomic mass is 10.1. The summed E-state index contributed by atoms with van der Waals surface area (Å²) in [5, 5.41) is 8.40. The Morgan fingerprint density at radius 2 is 2.09 bits per heavy atom. The molecule has 2 rings (SSSR count). The fraction of sp³-hybridized carbons (Fsp3) is 0.333. The molecule has 0 spiro atoms. The third-order valence-electron chi connectivity index (χ3n) is 3.24. The van der Waals surface area contributed by atoms with E-state index in [1.807, 2.05) is 0 Å². The quantitative estimate of drug-likeness (QED) is 0.809. The third kappa shape index (κ3) is 3.08. The molecule has 0 aliphatic heterocycles. The van der Waals surface area contributed by atoms with Crippen LogP contribution >= 0.6 is 0 Å². The van der Waals surface area contributed by atoms with Crippen LogP contribution in [0.3, 0.4) is 0 Å². The first-order chi connectivity index (χ1) is 10.8. The van der Waals surface area contributed by atoms with Crippen LogP contribution in [0.4, 0.5) is 13.2 Å². The summed E-state index contributed by atoms with van der Waals surface area (Å²) in [6.45, 7) is 1.38. The van der Waals surface area contributed by atoms with E-state index in [9.17, 15) is 18.0 Å². The number of hydrogen-bond donors (Lipinski definition) is 0. The first-order valence-corrected chi connectivity index (χ1v) is 6.67. The number of fused-ring (bicyclic) bond motifs is 1. The van der Waals surface area contributed by atoms with Crippen LogP contribution in [0.1, 0.15) is 23.0 Å². The number of alkyl halides is 3. The minimum absolute atomic E-state index is 0.0274. The van der Waals surface area contributed by atoms with Crippen molar-refractivity contribution in [1.82, 2.24) is 4.57 Å². The van der Waals surface area contributed by atoms with Crippen molar-refractivity contribution < 1.29 is 27.4 Å². The molecule has 0 saturated heterocycles. The molecule has 0 aliphatic carbocycles. The second-order valence-electron chi connectivity index (χ2n) is 4.63. The van der Waals surface area contributed by atoms with E-state index in [0.29, 0.717) is 0 Å². The smallest absolute Gasteiger partial charge is 0.417 e. The molecule has 0 saturated carbocycles. The fourth-order valence-electron chi connectivity index (χ4n) is 2.31. The highest BCUT2D eigenvalue weighted by molar-refractivity contribution is 5.99. The van der Waals surface area contributed by atoms with E-state index in [1.54, 1.807) is 13.0 Å². The number of carbonyl (C=O) groups excluding carboxylic acids is 1. The lowest BCUT2D eigenvalue weighted by Gasteiger charge is -2.12. The standard InChI is InChI=1S/C15H13F3N2O3/c1-3-22-14(21)11-8-9-10(15(16,17)18)4-5-12(23-7-6-19)13(9)20(11)2/h4-5,8H,3,7H2,1-2H3. The van der Waals surface area contributed by atoms with Crippen molar-refractivity contribution in [2.45, 2.75) is 13.1 Å². The molecule has 0 bridgehead atoms. The molecule has 1 heterocycles. The largest absolute Gasteiger partial charge is 0.477 e. The summed E-state index contributed by atoms with van der Waals surface area (Å²) in [6, 6.07) is 4.87. The van der Waals surface area contributed by atoms with Crippen molar-refractivity contribution in [2.75, 3.05) is 13.2 Å². The van der Waals surface area contributed by atoms with Crippen LogP contribution in [0.25, 0.3) is 10.9 Å². The van der Waals surface area contributed by atoms with E-state index in [4.69, 9.17) is 14.7 Å². The molecule has 122 valence electrons. The fourth-order valence-corrected chi connectivity index (χ4v) is 2.31. The zero-order valence-electron chi connectivity index (χ0n) is 12.4. The molecule has 0 unspecified atom stereocenters. The van der Waals surface area contributed by atoms with Crippen LogP contribution in [-0.4, -0.2) is 23.8 Å². The summed E-state index contributed by atoms with van der Waals surface area (Å²) in [4.78, 5) is 11.9. The van der Waals surface area contributed by atoms with Gasteiger partial charge in [0.2, 0.25) is 0 Å². The summed E-state index contributed by atoms with van der Waals surface area (Å²) >= 11 is 0. The Labute approximate surface area is 129 Å². The van der Waals surface area contributed by atoms with Crippen molar-refractivity contribution >= 4 is 16.9 Å². The van der Waals surface area contributed by atoms with E-state index in [2.05, 4.69) is 0 Å². The molecular formula is C15H13F3N2O3. The highest BCUT2D eigenvalue weighted by Crippen LogP contribution is 2.39. The van der Waals surface area contributed by atoms with Crippen LogP contribution in [0, 0.1) is 11.3 Å². The van der Waals surface area contributed by atoms with Gasteiger partial charge in [-0.25, -0.2) is 4.79 Å². The second kappa shape index (κ2) is 6.20. The predicted molar refractivity (Wildman–Crippen MR) is 75.0 cm³/mol. The molecule has 8 heteroatoms. The number of benzene rings is 1. The minimum Gasteiger partial charge on any atom is -0.477 e.